The van der Waals surface area contributed by atoms with E-state index in [9.17, 15) is 9.18 Å². The van der Waals surface area contributed by atoms with Crippen LogP contribution in [0.3, 0.4) is 0 Å². The molecule has 0 fully saturated rings. The first-order valence-corrected chi connectivity index (χ1v) is 5.17. The predicted octanol–water partition coefficient (Wildman–Crippen LogP) is 2.49. The lowest BCUT2D eigenvalue weighted by Gasteiger charge is -2.06. The van der Waals surface area contributed by atoms with E-state index < -0.39 is 17.3 Å². The first kappa shape index (κ1) is 12.4. The first-order chi connectivity index (χ1) is 7.66. The molecule has 16 heavy (non-hydrogen) atoms. The maximum Gasteiger partial charge on any atom is 0.338 e. The zero-order valence-electron chi connectivity index (χ0n) is 9.07. The number of halogens is 1. The molecule has 0 bridgehead atoms. The van der Waals surface area contributed by atoms with Crippen molar-refractivity contribution in [2.24, 2.45) is 0 Å². The molecule has 0 aromatic carbocycles. The largest absolute Gasteiger partial charge is 0.478 e. The van der Waals surface area contributed by atoms with Gasteiger partial charge in [-0.25, -0.2) is 14.2 Å². The number of hydrogen-bond donors (Lipinski definition) is 1. The smallest absolute Gasteiger partial charge is 0.338 e. The van der Waals surface area contributed by atoms with Gasteiger partial charge in [0.2, 0.25) is 0 Å². The van der Waals surface area contributed by atoms with Gasteiger partial charge in [0.25, 0.3) is 5.88 Å². The van der Waals surface area contributed by atoms with Crippen molar-refractivity contribution in [3.05, 3.63) is 23.6 Å². The van der Waals surface area contributed by atoms with Crippen LogP contribution < -0.4 is 4.74 Å². The van der Waals surface area contributed by atoms with Gasteiger partial charge in [0, 0.05) is 6.20 Å². The van der Waals surface area contributed by atoms with Crippen LogP contribution in [0, 0.1) is 5.82 Å². The average molecular weight is 227 g/mol. The Morgan fingerprint density at radius 2 is 2.31 bits per heavy atom. The van der Waals surface area contributed by atoms with E-state index in [1.54, 1.807) is 0 Å². The number of carboxylic acid groups (broad SMARTS) is 1. The summed E-state index contributed by atoms with van der Waals surface area (Å²) in [5.41, 5.74) is -0.416. The second kappa shape index (κ2) is 6.05. The average Bonchev–Trinajstić information content (AvgIpc) is 2.26. The number of carboxylic acids is 1. The number of ether oxygens (including phenoxy) is 1. The maximum atomic E-state index is 13.5. The van der Waals surface area contributed by atoms with Crippen molar-refractivity contribution in [3.63, 3.8) is 0 Å². The van der Waals surface area contributed by atoms with Gasteiger partial charge in [-0.3, -0.25) is 0 Å². The van der Waals surface area contributed by atoms with E-state index in [0.717, 1.165) is 25.3 Å². The Hall–Kier alpha value is -1.65. The number of aromatic carboxylic acids is 1. The fourth-order valence-corrected chi connectivity index (χ4v) is 1.21. The van der Waals surface area contributed by atoms with Crippen LogP contribution in [-0.2, 0) is 0 Å². The zero-order valence-corrected chi connectivity index (χ0v) is 9.07. The van der Waals surface area contributed by atoms with Crippen molar-refractivity contribution in [1.82, 2.24) is 4.98 Å². The SMILES string of the molecule is CCCCCOc1nccc(C(=O)O)c1F. The standard InChI is InChI=1S/C11H14FNO3/c1-2-3-4-7-16-10-9(12)8(11(14)15)5-6-13-10/h5-6H,2-4,7H2,1H3,(H,14,15). The Bertz CT molecular complexity index is 368. The quantitative estimate of drug-likeness (QED) is 0.758. The molecule has 0 spiro atoms. The number of nitrogens with zero attached hydrogens (tertiary/aromatic N) is 1. The van der Waals surface area contributed by atoms with Gasteiger partial charge < -0.3 is 9.84 Å². The number of pyridine rings is 1. The van der Waals surface area contributed by atoms with Crippen molar-refractivity contribution in [2.75, 3.05) is 6.61 Å². The molecule has 0 amide bonds. The van der Waals surface area contributed by atoms with Crippen LogP contribution in [0.5, 0.6) is 5.88 Å². The van der Waals surface area contributed by atoms with E-state index in [1.165, 1.54) is 6.20 Å². The number of aromatic nitrogens is 1. The molecule has 1 aromatic rings. The Balaban J connectivity index is 2.66. The number of hydrogen-bond acceptors (Lipinski definition) is 3. The molecule has 4 nitrogen and oxygen atoms in total. The summed E-state index contributed by atoms with van der Waals surface area (Å²) < 4.78 is 18.5. The topological polar surface area (TPSA) is 59.4 Å². The molecule has 0 unspecified atom stereocenters. The second-order valence-electron chi connectivity index (χ2n) is 3.34. The van der Waals surface area contributed by atoms with Gasteiger partial charge in [-0.15, -0.1) is 0 Å². The summed E-state index contributed by atoms with van der Waals surface area (Å²) in [5.74, 6) is -2.47. The third-order valence-corrected chi connectivity index (χ3v) is 2.07. The summed E-state index contributed by atoms with van der Waals surface area (Å²) in [6.07, 6.45) is 4.05. The third-order valence-electron chi connectivity index (χ3n) is 2.07. The van der Waals surface area contributed by atoms with Crippen LogP contribution in [0.15, 0.2) is 12.3 Å². The van der Waals surface area contributed by atoms with Crippen molar-refractivity contribution in [1.29, 1.82) is 0 Å². The van der Waals surface area contributed by atoms with Crippen LogP contribution in [0.4, 0.5) is 4.39 Å². The summed E-state index contributed by atoms with van der Waals surface area (Å²) in [5, 5.41) is 8.68. The fraction of sp³-hybridized carbons (Fsp3) is 0.455. The molecule has 0 aliphatic heterocycles. The second-order valence-corrected chi connectivity index (χ2v) is 3.34. The molecule has 88 valence electrons. The normalized spacial score (nSPS) is 10.1. The Labute approximate surface area is 93.1 Å². The van der Waals surface area contributed by atoms with Gasteiger partial charge >= 0.3 is 5.97 Å². The third kappa shape index (κ3) is 3.18. The van der Waals surface area contributed by atoms with Gasteiger partial charge in [0.1, 0.15) is 5.56 Å². The molecule has 0 aliphatic rings. The minimum Gasteiger partial charge on any atom is -0.478 e. The molecule has 0 saturated heterocycles. The van der Waals surface area contributed by atoms with Crippen LogP contribution >= 0.6 is 0 Å². The predicted molar refractivity (Wildman–Crippen MR) is 56.2 cm³/mol. The van der Waals surface area contributed by atoms with Crippen LogP contribution in [-0.4, -0.2) is 22.7 Å². The van der Waals surface area contributed by atoms with E-state index in [2.05, 4.69) is 4.98 Å². The van der Waals surface area contributed by atoms with Gasteiger partial charge in [-0.2, -0.15) is 0 Å². The van der Waals surface area contributed by atoms with Crippen molar-refractivity contribution in [2.45, 2.75) is 26.2 Å². The zero-order chi connectivity index (χ0) is 12.0. The summed E-state index contributed by atoms with van der Waals surface area (Å²) in [6, 6.07) is 1.11. The van der Waals surface area contributed by atoms with E-state index in [-0.39, 0.29) is 5.88 Å². The van der Waals surface area contributed by atoms with Crippen molar-refractivity contribution < 1.29 is 19.0 Å². The van der Waals surface area contributed by atoms with Crippen molar-refractivity contribution in [3.8, 4) is 5.88 Å². The van der Waals surface area contributed by atoms with Crippen LogP contribution in [0.1, 0.15) is 36.5 Å². The van der Waals surface area contributed by atoms with Gasteiger partial charge in [0.15, 0.2) is 5.82 Å². The summed E-state index contributed by atoms with van der Waals surface area (Å²) in [4.78, 5) is 14.3. The highest BCUT2D eigenvalue weighted by Gasteiger charge is 2.15. The number of unbranched alkanes of at least 4 members (excludes halogenated alkanes) is 2. The van der Waals surface area contributed by atoms with E-state index >= 15 is 0 Å². The minimum atomic E-state index is -1.32. The molecular formula is C11H14FNO3. The summed E-state index contributed by atoms with van der Waals surface area (Å²) in [7, 11) is 0. The van der Waals surface area contributed by atoms with Crippen LogP contribution in [0.25, 0.3) is 0 Å². The minimum absolute atomic E-state index is 0.240. The Morgan fingerprint density at radius 3 is 2.94 bits per heavy atom. The fourth-order valence-electron chi connectivity index (χ4n) is 1.21. The maximum absolute atomic E-state index is 13.5. The highest BCUT2D eigenvalue weighted by Crippen LogP contribution is 2.17. The van der Waals surface area contributed by atoms with Gasteiger partial charge in [-0.05, 0) is 12.5 Å². The summed E-state index contributed by atoms with van der Waals surface area (Å²) >= 11 is 0. The Kier molecular flexibility index (Phi) is 4.69. The van der Waals surface area contributed by atoms with E-state index in [1.807, 2.05) is 6.92 Å². The van der Waals surface area contributed by atoms with Crippen molar-refractivity contribution >= 4 is 5.97 Å². The molecule has 1 heterocycles. The van der Waals surface area contributed by atoms with Crippen LogP contribution in [0.2, 0.25) is 0 Å². The molecule has 0 saturated carbocycles. The molecular weight excluding hydrogens is 213 g/mol. The van der Waals surface area contributed by atoms with E-state index in [4.69, 9.17) is 9.84 Å². The highest BCUT2D eigenvalue weighted by atomic mass is 19.1. The summed E-state index contributed by atoms with van der Waals surface area (Å²) in [6.45, 7) is 2.39. The van der Waals surface area contributed by atoms with Gasteiger partial charge in [-0.1, -0.05) is 19.8 Å². The molecule has 5 heteroatoms. The first-order valence-electron chi connectivity index (χ1n) is 5.17. The lowest BCUT2D eigenvalue weighted by atomic mass is 10.2. The molecule has 0 atom stereocenters. The van der Waals surface area contributed by atoms with Gasteiger partial charge in [0.05, 0.1) is 6.61 Å². The molecule has 1 N–H and O–H groups in total. The molecule has 1 rings (SSSR count). The Morgan fingerprint density at radius 1 is 1.56 bits per heavy atom. The highest BCUT2D eigenvalue weighted by molar-refractivity contribution is 5.88. The molecule has 0 aliphatic carbocycles. The lowest BCUT2D eigenvalue weighted by molar-refractivity contribution is 0.0690. The number of rotatable bonds is 6. The monoisotopic (exact) mass is 227 g/mol. The molecule has 1 aromatic heterocycles. The molecule has 0 radical (unpaired) electrons. The van der Waals surface area contributed by atoms with E-state index in [0.29, 0.717) is 6.61 Å². The number of carbonyl (C=O) groups is 1. The lowest BCUT2D eigenvalue weighted by Crippen LogP contribution is -2.06.